The van der Waals surface area contributed by atoms with E-state index >= 15 is 0 Å². The predicted octanol–water partition coefficient (Wildman–Crippen LogP) is 2.55. The first-order valence-corrected chi connectivity index (χ1v) is 7.84. The number of fused-ring (bicyclic) bond motifs is 1. The minimum absolute atomic E-state index is 0.292. The smallest absolute Gasteiger partial charge is 0.0558 e. The highest BCUT2D eigenvalue weighted by Gasteiger charge is 2.29. The topological polar surface area (TPSA) is 23.5 Å². The summed E-state index contributed by atoms with van der Waals surface area (Å²) in [5.41, 5.74) is 1.50. The summed E-state index contributed by atoms with van der Waals surface area (Å²) in [7, 11) is 0. The highest BCUT2D eigenvalue weighted by Crippen LogP contribution is 2.38. The summed E-state index contributed by atoms with van der Waals surface area (Å²) < 4.78 is 0. The van der Waals surface area contributed by atoms with Crippen molar-refractivity contribution in [2.24, 2.45) is 0 Å². The molecule has 1 heterocycles. The molecule has 1 fully saturated rings. The molecule has 0 saturated heterocycles. The molecule has 1 N–H and O–H groups in total. The van der Waals surface area contributed by atoms with Crippen molar-refractivity contribution in [1.82, 2.24) is 4.90 Å². The van der Waals surface area contributed by atoms with Crippen LogP contribution in [0.25, 0.3) is 0 Å². The van der Waals surface area contributed by atoms with Gasteiger partial charge in [0.25, 0.3) is 0 Å². The molecule has 1 aromatic carbocycles. The molecule has 1 unspecified atom stereocenters. The van der Waals surface area contributed by atoms with Gasteiger partial charge in [-0.3, -0.25) is 4.90 Å². The molecule has 1 aliphatic carbocycles. The van der Waals surface area contributed by atoms with Gasteiger partial charge in [0.15, 0.2) is 0 Å². The second-order valence-corrected chi connectivity index (χ2v) is 6.70. The van der Waals surface area contributed by atoms with Crippen molar-refractivity contribution >= 4 is 11.8 Å². The average Bonchev–Trinajstić information content (AvgIpc) is 2.69. The van der Waals surface area contributed by atoms with E-state index in [-0.39, 0.29) is 0 Å². The number of nitrogens with zero attached hydrogens (tertiary/aromatic N) is 1. The molecule has 0 spiro atoms. The molecule has 1 aliphatic heterocycles. The van der Waals surface area contributed by atoms with E-state index < -0.39 is 0 Å². The molecule has 0 bridgehead atoms. The standard InChI is InChI=1S/C15H21NOS/c17-9-8-16(13-5-3-6-13)11-14-10-12-4-1-2-7-15(12)18-14/h1-2,4,7,13-14,17H,3,5-6,8-11H2. The summed E-state index contributed by atoms with van der Waals surface area (Å²) in [5.74, 6) is 0. The maximum atomic E-state index is 9.20. The Morgan fingerprint density at radius 2 is 2.11 bits per heavy atom. The summed E-state index contributed by atoms with van der Waals surface area (Å²) in [4.78, 5) is 3.97. The van der Waals surface area contributed by atoms with Gasteiger partial charge in [-0.1, -0.05) is 24.6 Å². The first kappa shape index (κ1) is 12.5. The quantitative estimate of drug-likeness (QED) is 0.883. The van der Waals surface area contributed by atoms with Crippen LogP contribution in [0.1, 0.15) is 24.8 Å². The summed E-state index contributed by atoms with van der Waals surface area (Å²) in [5, 5.41) is 9.88. The summed E-state index contributed by atoms with van der Waals surface area (Å²) in [6, 6.07) is 9.49. The van der Waals surface area contributed by atoms with Crippen molar-refractivity contribution in [3.63, 3.8) is 0 Å². The van der Waals surface area contributed by atoms with Crippen LogP contribution in [0.3, 0.4) is 0 Å². The second-order valence-electron chi connectivity index (χ2n) is 5.35. The van der Waals surface area contributed by atoms with Gasteiger partial charge in [-0.25, -0.2) is 0 Å². The fourth-order valence-electron chi connectivity index (χ4n) is 2.92. The molecule has 3 heteroatoms. The normalized spacial score (nSPS) is 23.1. The van der Waals surface area contributed by atoms with Gasteiger partial charge < -0.3 is 5.11 Å². The van der Waals surface area contributed by atoms with Crippen LogP contribution in [0.2, 0.25) is 0 Å². The molecule has 1 aromatic rings. The van der Waals surface area contributed by atoms with Gasteiger partial charge in [-0.05, 0) is 30.9 Å². The number of rotatable bonds is 5. The van der Waals surface area contributed by atoms with E-state index in [9.17, 15) is 5.11 Å². The highest BCUT2D eigenvalue weighted by atomic mass is 32.2. The van der Waals surface area contributed by atoms with Crippen LogP contribution < -0.4 is 0 Å². The Morgan fingerprint density at radius 3 is 2.78 bits per heavy atom. The number of hydrogen-bond acceptors (Lipinski definition) is 3. The minimum Gasteiger partial charge on any atom is -0.395 e. The fraction of sp³-hybridized carbons (Fsp3) is 0.600. The van der Waals surface area contributed by atoms with Crippen LogP contribution in [0.15, 0.2) is 29.2 Å². The van der Waals surface area contributed by atoms with E-state index in [2.05, 4.69) is 29.2 Å². The van der Waals surface area contributed by atoms with E-state index in [0.717, 1.165) is 19.1 Å². The molecule has 1 saturated carbocycles. The fourth-order valence-corrected chi connectivity index (χ4v) is 4.27. The Balaban J connectivity index is 1.60. The molecule has 2 nitrogen and oxygen atoms in total. The number of aliphatic hydroxyl groups excluding tert-OH is 1. The Hall–Kier alpha value is -0.510. The average molecular weight is 263 g/mol. The van der Waals surface area contributed by atoms with Crippen LogP contribution in [-0.4, -0.2) is 41.0 Å². The maximum Gasteiger partial charge on any atom is 0.0558 e. The first-order chi connectivity index (χ1) is 8.86. The molecule has 98 valence electrons. The van der Waals surface area contributed by atoms with Crippen molar-refractivity contribution in [3.05, 3.63) is 29.8 Å². The van der Waals surface area contributed by atoms with Crippen molar-refractivity contribution in [1.29, 1.82) is 0 Å². The zero-order valence-corrected chi connectivity index (χ0v) is 11.5. The predicted molar refractivity (Wildman–Crippen MR) is 76.1 cm³/mol. The lowest BCUT2D eigenvalue weighted by Crippen LogP contribution is -2.44. The van der Waals surface area contributed by atoms with Crippen LogP contribution >= 0.6 is 11.8 Å². The Morgan fingerprint density at radius 1 is 1.28 bits per heavy atom. The lowest BCUT2D eigenvalue weighted by molar-refractivity contribution is 0.102. The summed E-state index contributed by atoms with van der Waals surface area (Å²) in [6.45, 7) is 2.27. The van der Waals surface area contributed by atoms with E-state index in [1.807, 2.05) is 11.8 Å². The van der Waals surface area contributed by atoms with Crippen LogP contribution in [-0.2, 0) is 6.42 Å². The molecular weight excluding hydrogens is 242 g/mol. The van der Waals surface area contributed by atoms with Crippen molar-refractivity contribution in [2.75, 3.05) is 19.7 Å². The minimum atomic E-state index is 0.292. The molecular formula is C15H21NOS. The van der Waals surface area contributed by atoms with Gasteiger partial charge in [0.2, 0.25) is 0 Å². The van der Waals surface area contributed by atoms with Crippen molar-refractivity contribution < 1.29 is 5.11 Å². The lowest BCUT2D eigenvalue weighted by Gasteiger charge is -2.38. The van der Waals surface area contributed by atoms with E-state index in [1.54, 1.807) is 0 Å². The highest BCUT2D eigenvalue weighted by molar-refractivity contribution is 8.00. The zero-order chi connectivity index (χ0) is 12.4. The third kappa shape index (κ3) is 2.58. The Labute approximate surface area is 113 Å². The number of benzene rings is 1. The van der Waals surface area contributed by atoms with E-state index in [1.165, 1.54) is 36.1 Å². The van der Waals surface area contributed by atoms with Crippen LogP contribution in [0, 0.1) is 0 Å². The molecule has 1 atom stereocenters. The Kier molecular flexibility index (Phi) is 3.92. The first-order valence-electron chi connectivity index (χ1n) is 6.96. The molecule has 18 heavy (non-hydrogen) atoms. The number of thioether (sulfide) groups is 1. The van der Waals surface area contributed by atoms with Crippen molar-refractivity contribution in [3.8, 4) is 0 Å². The monoisotopic (exact) mass is 263 g/mol. The van der Waals surface area contributed by atoms with E-state index in [0.29, 0.717) is 11.9 Å². The molecule has 0 amide bonds. The van der Waals surface area contributed by atoms with Crippen LogP contribution in [0.4, 0.5) is 0 Å². The summed E-state index contributed by atoms with van der Waals surface area (Å²) in [6.07, 6.45) is 5.20. The van der Waals surface area contributed by atoms with Gasteiger partial charge in [-0.15, -0.1) is 11.8 Å². The molecule has 3 rings (SSSR count). The van der Waals surface area contributed by atoms with Gasteiger partial charge in [-0.2, -0.15) is 0 Å². The zero-order valence-electron chi connectivity index (χ0n) is 10.7. The Bertz CT molecular complexity index is 380. The second kappa shape index (κ2) is 5.64. The van der Waals surface area contributed by atoms with Gasteiger partial charge in [0, 0.05) is 29.3 Å². The number of aliphatic hydroxyl groups is 1. The lowest BCUT2D eigenvalue weighted by atomic mass is 9.91. The number of hydrogen-bond donors (Lipinski definition) is 1. The third-order valence-electron chi connectivity index (χ3n) is 4.13. The SMILES string of the molecule is OCCN(CC1Cc2ccccc2S1)C1CCC1. The third-order valence-corrected chi connectivity index (χ3v) is 5.43. The van der Waals surface area contributed by atoms with Gasteiger partial charge in [0.05, 0.1) is 6.61 Å². The molecule has 2 aliphatic rings. The molecule has 0 aromatic heterocycles. The van der Waals surface area contributed by atoms with Crippen molar-refractivity contribution in [2.45, 2.75) is 41.9 Å². The largest absolute Gasteiger partial charge is 0.395 e. The molecule has 0 radical (unpaired) electrons. The van der Waals surface area contributed by atoms with Gasteiger partial charge in [0.1, 0.15) is 0 Å². The van der Waals surface area contributed by atoms with Gasteiger partial charge >= 0.3 is 0 Å². The van der Waals surface area contributed by atoms with E-state index in [4.69, 9.17) is 0 Å². The maximum absolute atomic E-state index is 9.20. The summed E-state index contributed by atoms with van der Waals surface area (Å²) >= 11 is 2.02. The van der Waals surface area contributed by atoms with Crippen LogP contribution in [0.5, 0.6) is 0 Å².